The van der Waals surface area contributed by atoms with Crippen molar-refractivity contribution in [3.05, 3.63) is 24.8 Å². The van der Waals surface area contributed by atoms with Gasteiger partial charge in [0.15, 0.2) is 0 Å². The number of ether oxygens (including phenoxy) is 1. The first-order valence-electron chi connectivity index (χ1n) is 10.8. The fourth-order valence-corrected chi connectivity index (χ4v) is 2.94. The van der Waals surface area contributed by atoms with E-state index in [1.807, 2.05) is 0 Å². The first-order valence-corrected chi connectivity index (χ1v) is 10.8. The predicted molar refractivity (Wildman–Crippen MR) is 110 cm³/mol. The Morgan fingerprint density at radius 3 is 1.64 bits per heavy atom. The van der Waals surface area contributed by atoms with Gasteiger partial charge in [0.2, 0.25) is 0 Å². The summed E-state index contributed by atoms with van der Waals surface area (Å²) in [6, 6.07) is 0. The fraction of sp³-hybridized carbons (Fsp3) is 0.783. The third kappa shape index (κ3) is 20.9. The molecule has 146 valence electrons. The van der Waals surface area contributed by atoms with E-state index in [0.29, 0.717) is 6.61 Å². The average Bonchev–Trinajstić information content (AvgIpc) is 2.63. The molecule has 2 nitrogen and oxygen atoms in total. The van der Waals surface area contributed by atoms with Crippen molar-refractivity contribution in [2.45, 2.75) is 110 Å². The third-order valence-electron chi connectivity index (χ3n) is 4.55. The van der Waals surface area contributed by atoms with Crippen LogP contribution in [-0.2, 0) is 9.53 Å². The van der Waals surface area contributed by atoms with E-state index in [4.69, 9.17) is 4.74 Å². The molecule has 0 saturated carbocycles. The van der Waals surface area contributed by atoms with E-state index in [9.17, 15) is 4.79 Å². The van der Waals surface area contributed by atoms with Gasteiger partial charge < -0.3 is 4.74 Å². The Balaban J connectivity index is 3.05. The maximum atomic E-state index is 10.9. The zero-order chi connectivity index (χ0) is 18.4. The number of rotatable bonds is 19. The smallest absolute Gasteiger partial charge is 0.330 e. The van der Waals surface area contributed by atoms with Crippen LogP contribution >= 0.6 is 0 Å². The number of carbonyl (C=O) groups is 1. The highest BCUT2D eigenvalue weighted by Crippen LogP contribution is 2.13. The van der Waals surface area contributed by atoms with Gasteiger partial charge in [-0.15, -0.1) is 0 Å². The Labute approximate surface area is 157 Å². The van der Waals surface area contributed by atoms with E-state index in [1.165, 1.54) is 96.0 Å². The van der Waals surface area contributed by atoms with Crippen LogP contribution in [0.3, 0.4) is 0 Å². The predicted octanol–water partition coefficient (Wildman–Crippen LogP) is 7.53. The molecule has 2 heteroatoms. The van der Waals surface area contributed by atoms with Crippen molar-refractivity contribution in [1.82, 2.24) is 0 Å². The standard InChI is InChI=1S/C23H42O2/c1-3-5-6-7-8-9-10-11-12-13-14-15-16-17-18-19-20-21-22-25-23(24)4-2/h4,6-7H,2-3,5,8-22H2,1H3/b7-6+. The van der Waals surface area contributed by atoms with E-state index in [0.717, 1.165) is 12.8 Å². The molecule has 0 fully saturated rings. The van der Waals surface area contributed by atoms with Crippen molar-refractivity contribution in [3.63, 3.8) is 0 Å². The topological polar surface area (TPSA) is 26.3 Å². The summed E-state index contributed by atoms with van der Waals surface area (Å²) in [5.41, 5.74) is 0. The first-order chi connectivity index (χ1) is 12.3. The second-order valence-electron chi connectivity index (χ2n) is 7.02. The van der Waals surface area contributed by atoms with Gasteiger partial charge in [0.05, 0.1) is 6.61 Å². The number of carbonyl (C=O) groups excluding carboxylic acids is 1. The van der Waals surface area contributed by atoms with Gasteiger partial charge in [0.25, 0.3) is 0 Å². The summed E-state index contributed by atoms with van der Waals surface area (Å²) in [6.45, 7) is 6.16. The molecular weight excluding hydrogens is 308 g/mol. The molecule has 0 aromatic heterocycles. The Kier molecular flexibility index (Phi) is 20.1. The minimum atomic E-state index is -0.302. The quantitative estimate of drug-likeness (QED) is 0.104. The van der Waals surface area contributed by atoms with Crippen LogP contribution in [-0.4, -0.2) is 12.6 Å². The number of allylic oxidation sites excluding steroid dienone is 2. The molecule has 0 aromatic rings. The summed E-state index contributed by atoms with van der Waals surface area (Å²) >= 11 is 0. The molecule has 0 heterocycles. The highest BCUT2D eigenvalue weighted by molar-refractivity contribution is 5.81. The molecule has 25 heavy (non-hydrogen) atoms. The van der Waals surface area contributed by atoms with E-state index < -0.39 is 0 Å². The minimum Gasteiger partial charge on any atom is -0.463 e. The molecule has 0 amide bonds. The maximum Gasteiger partial charge on any atom is 0.330 e. The fourth-order valence-electron chi connectivity index (χ4n) is 2.94. The molecule has 0 N–H and O–H groups in total. The molecule has 0 spiro atoms. The van der Waals surface area contributed by atoms with Crippen molar-refractivity contribution >= 4 is 5.97 Å². The lowest BCUT2D eigenvalue weighted by atomic mass is 10.0. The molecule has 0 atom stereocenters. The van der Waals surface area contributed by atoms with Crippen molar-refractivity contribution in [2.75, 3.05) is 6.61 Å². The molecule has 0 bridgehead atoms. The second kappa shape index (κ2) is 21.0. The highest BCUT2D eigenvalue weighted by atomic mass is 16.5. The minimum absolute atomic E-state index is 0.302. The van der Waals surface area contributed by atoms with Gasteiger partial charge in [-0.25, -0.2) is 4.79 Å². The van der Waals surface area contributed by atoms with E-state index in [1.54, 1.807) is 0 Å². The lowest BCUT2D eigenvalue weighted by Crippen LogP contribution is -2.01. The highest BCUT2D eigenvalue weighted by Gasteiger charge is 1.96. The molecule has 0 aliphatic heterocycles. The Bertz CT molecular complexity index is 320. The summed E-state index contributed by atoms with van der Waals surface area (Å²) in [6.07, 6.45) is 27.0. The summed E-state index contributed by atoms with van der Waals surface area (Å²) in [5, 5.41) is 0. The van der Waals surface area contributed by atoms with E-state index in [2.05, 4.69) is 25.7 Å². The van der Waals surface area contributed by atoms with Crippen LogP contribution in [0.1, 0.15) is 110 Å². The molecule has 0 saturated heterocycles. The van der Waals surface area contributed by atoms with Crippen LogP contribution in [0.25, 0.3) is 0 Å². The number of hydrogen-bond acceptors (Lipinski definition) is 2. The number of unbranched alkanes of at least 4 members (excludes halogenated alkanes) is 14. The third-order valence-corrected chi connectivity index (χ3v) is 4.55. The molecule has 0 radical (unpaired) electrons. The largest absolute Gasteiger partial charge is 0.463 e. The molecule has 0 aromatic carbocycles. The molecule has 0 aliphatic rings. The van der Waals surface area contributed by atoms with Gasteiger partial charge in [0.1, 0.15) is 0 Å². The van der Waals surface area contributed by atoms with Crippen LogP contribution in [0.2, 0.25) is 0 Å². The average molecular weight is 351 g/mol. The Morgan fingerprint density at radius 2 is 1.16 bits per heavy atom. The van der Waals surface area contributed by atoms with Crippen molar-refractivity contribution < 1.29 is 9.53 Å². The van der Waals surface area contributed by atoms with E-state index >= 15 is 0 Å². The Hall–Kier alpha value is -1.05. The SMILES string of the molecule is C=CC(=O)OCCCCCCCCCCCCCCC/C=C/CCC. The van der Waals surface area contributed by atoms with Crippen molar-refractivity contribution in [1.29, 1.82) is 0 Å². The summed E-state index contributed by atoms with van der Waals surface area (Å²) in [4.78, 5) is 10.9. The van der Waals surface area contributed by atoms with Gasteiger partial charge in [-0.2, -0.15) is 0 Å². The van der Waals surface area contributed by atoms with Crippen LogP contribution in [0.15, 0.2) is 24.8 Å². The lowest BCUT2D eigenvalue weighted by Gasteiger charge is -2.04. The van der Waals surface area contributed by atoms with Gasteiger partial charge in [0, 0.05) is 6.08 Å². The van der Waals surface area contributed by atoms with Crippen LogP contribution in [0, 0.1) is 0 Å². The van der Waals surface area contributed by atoms with Crippen molar-refractivity contribution in [2.24, 2.45) is 0 Å². The van der Waals surface area contributed by atoms with Crippen LogP contribution < -0.4 is 0 Å². The second-order valence-corrected chi connectivity index (χ2v) is 7.02. The number of hydrogen-bond donors (Lipinski definition) is 0. The monoisotopic (exact) mass is 350 g/mol. The summed E-state index contributed by atoms with van der Waals surface area (Å²) in [5.74, 6) is -0.302. The number of esters is 1. The van der Waals surface area contributed by atoms with Gasteiger partial charge >= 0.3 is 5.97 Å². The van der Waals surface area contributed by atoms with Gasteiger partial charge in [-0.3, -0.25) is 0 Å². The first kappa shape index (κ1) is 23.9. The maximum absolute atomic E-state index is 10.9. The summed E-state index contributed by atoms with van der Waals surface area (Å²) < 4.78 is 4.96. The van der Waals surface area contributed by atoms with Crippen LogP contribution in [0.4, 0.5) is 0 Å². The molecular formula is C23H42O2. The molecule has 0 unspecified atom stereocenters. The Morgan fingerprint density at radius 1 is 0.720 bits per heavy atom. The molecule has 0 rings (SSSR count). The lowest BCUT2D eigenvalue weighted by molar-refractivity contribution is -0.137. The molecule has 0 aliphatic carbocycles. The van der Waals surface area contributed by atoms with Crippen LogP contribution in [0.5, 0.6) is 0 Å². The zero-order valence-electron chi connectivity index (χ0n) is 16.8. The zero-order valence-corrected chi connectivity index (χ0v) is 16.8. The summed E-state index contributed by atoms with van der Waals surface area (Å²) in [7, 11) is 0. The normalized spacial score (nSPS) is 11.1. The van der Waals surface area contributed by atoms with E-state index in [-0.39, 0.29) is 5.97 Å². The van der Waals surface area contributed by atoms with Gasteiger partial charge in [-0.05, 0) is 25.7 Å². The van der Waals surface area contributed by atoms with Gasteiger partial charge in [-0.1, -0.05) is 103 Å². The van der Waals surface area contributed by atoms with Crippen molar-refractivity contribution in [3.8, 4) is 0 Å².